The fourth-order valence-electron chi connectivity index (χ4n) is 3.05. The largest absolute Gasteiger partial charge is 0.496 e. The lowest BCUT2D eigenvalue weighted by molar-refractivity contribution is -0.130. The van der Waals surface area contributed by atoms with Crippen LogP contribution in [-0.4, -0.2) is 34.5 Å². The fourth-order valence-corrected chi connectivity index (χ4v) is 4.23. The molecule has 0 aliphatic carbocycles. The number of carbonyl (C=O) groups is 1. The molecule has 148 valence electrons. The van der Waals surface area contributed by atoms with Gasteiger partial charge in [-0.3, -0.25) is 14.2 Å². The molecule has 1 amide bonds. The van der Waals surface area contributed by atoms with Gasteiger partial charge in [-0.05, 0) is 37.6 Å². The average molecular weight is 420 g/mol. The number of halogens is 1. The summed E-state index contributed by atoms with van der Waals surface area (Å²) < 4.78 is 6.84. The topological polar surface area (TPSA) is 64.4 Å². The van der Waals surface area contributed by atoms with E-state index in [9.17, 15) is 9.59 Å². The van der Waals surface area contributed by atoms with Gasteiger partial charge >= 0.3 is 0 Å². The minimum absolute atomic E-state index is 0.0766. The number of aromatic nitrogens is 2. The number of aryl methyl sites for hydroxylation is 3. The van der Waals surface area contributed by atoms with Crippen molar-refractivity contribution in [3.8, 4) is 5.75 Å². The van der Waals surface area contributed by atoms with Gasteiger partial charge in [-0.15, -0.1) is 11.3 Å². The van der Waals surface area contributed by atoms with Gasteiger partial charge in [0, 0.05) is 42.0 Å². The minimum atomic E-state index is -0.0983. The number of rotatable bonds is 6. The van der Waals surface area contributed by atoms with Crippen molar-refractivity contribution in [3.63, 3.8) is 0 Å². The molecule has 0 saturated heterocycles. The van der Waals surface area contributed by atoms with E-state index < -0.39 is 0 Å². The smallest absolute Gasteiger partial charge is 0.262 e. The molecule has 0 atom stereocenters. The van der Waals surface area contributed by atoms with Gasteiger partial charge in [-0.25, -0.2) is 4.98 Å². The van der Waals surface area contributed by atoms with E-state index in [0.29, 0.717) is 22.7 Å². The van der Waals surface area contributed by atoms with Gasteiger partial charge in [-0.1, -0.05) is 11.6 Å². The third kappa shape index (κ3) is 4.05. The zero-order valence-corrected chi connectivity index (χ0v) is 17.9. The van der Waals surface area contributed by atoms with Gasteiger partial charge in [0.05, 0.1) is 18.8 Å². The normalized spacial score (nSPS) is 11.0. The zero-order chi connectivity index (χ0) is 20.4. The van der Waals surface area contributed by atoms with E-state index in [4.69, 9.17) is 16.3 Å². The van der Waals surface area contributed by atoms with Crippen molar-refractivity contribution in [1.82, 2.24) is 14.5 Å². The molecule has 0 saturated carbocycles. The molecule has 0 spiro atoms. The summed E-state index contributed by atoms with van der Waals surface area (Å²) in [6.45, 7) is 4.57. The predicted molar refractivity (Wildman–Crippen MR) is 112 cm³/mol. The van der Waals surface area contributed by atoms with Gasteiger partial charge in [-0.2, -0.15) is 0 Å². The van der Waals surface area contributed by atoms with E-state index >= 15 is 0 Å². The highest BCUT2D eigenvalue weighted by atomic mass is 35.5. The highest BCUT2D eigenvalue weighted by Crippen LogP contribution is 2.26. The molecule has 8 heteroatoms. The molecule has 3 aromatic rings. The first kappa shape index (κ1) is 20.4. The molecule has 2 aromatic heterocycles. The van der Waals surface area contributed by atoms with Crippen LogP contribution in [0, 0.1) is 13.8 Å². The van der Waals surface area contributed by atoms with Crippen LogP contribution < -0.4 is 10.3 Å². The maximum atomic E-state index is 12.7. The van der Waals surface area contributed by atoms with Crippen LogP contribution in [-0.2, 0) is 17.9 Å². The quantitative estimate of drug-likeness (QED) is 0.609. The Balaban J connectivity index is 1.71. The Hall–Kier alpha value is -2.38. The van der Waals surface area contributed by atoms with E-state index in [1.165, 1.54) is 22.2 Å². The number of nitrogens with zero attached hydrogens (tertiary/aromatic N) is 3. The molecule has 0 fully saturated rings. The minimum Gasteiger partial charge on any atom is -0.496 e. The Morgan fingerprint density at radius 2 is 2.11 bits per heavy atom. The van der Waals surface area contributed by atoms with Crippen molar-refractivity contribution in [2.75, 3.05) is 14.2 Å². The van der Waals surface area contributed by atoms with Crippen molar-refractivity contribution in [2.24, 2.45) is 0 Å². The average Bonchev–Trinajstić information content (AvgIpc) is 2.95. The Labute approximate surface area is 172 Å². The van der Waals surface area contributed by atoms with Crippen LogP contribution in [0.5, 0.6) is 5.75 Å². The summed E-state index contributed by atoms with van der Waals surface area (Å²) in [4.78, 5) is 33.1. The van der Waals surface area contributed by atoms with Crippen LogP contribution in [0.2, 0.25) is 5.02 Å². The van der Waals surface area contributed by atoms with Crippen molar-refractivity contribution >= 4 is 39.1 Å². The second-order valence-electron chi connectivity index (χ2n) is 6.66. The lowest BCUT2D eigenvalue weighted by Crippen LogP contribution is -2.29. The Bertz CT molecular complexity index is 1090. The summed E-state index contributed by atoms with van der Waals surface area (Å²) in [7, 11) is 3.30. The summed E-state index contributed by atoms with van der Waals surface area (Å²) in [5.74, 6) is 0.602. The second kappa shape index (κ2) is 8.32. The lowest BCUT2D eigenvalue weighted by Gasteiger charge is -2.19. The number of methoxy groups -OCH3 is 1. The lowest BCUT2D eigenvalue weighted by atomic mass is 10.2. The molecule has 0 bridgehead atoms. The van der Waals surface area contributed by atoms with Crippen molar-refractivity contribution in [2.45, 2.75) is 33.4 Å². The van der Waals surface area contributed by atoms with Crippen LogP contribution in [0.3, 0.4) is 0 Å². The molecule has 1 aromatic carbocycles. The van der Waals surface area contributed by atoms with E-state index in [1.807, 2.05) is 13.8 Å². The summed E-state index contributed by atoms with van der Waals surface area (Å²) >= 11 is 7.57. The van der Waals surface area contributed by atoms with Crippen LogP contribution in [0.1, 0.15) is 22.4 Å². The summed E-state index contributed by atoms with van der Waals surface area (Å²) in [6.07, 6.45) is 1.72. The van der Waals surface area contributed by atoms with Gasteiger partial charge in [0.25, 0.3) is 5.56 Å². The Morgan fingerprint density at radius 3 is 2.82 bits per heavy atom. The van der Waals surface area contributed by atoms with Gasteiger partial charge in [0.15, 0.2) is 0 Å². The predicted octanol–water partition coefficient (Wildman–Crippen LogP) is 3.79. The molecule has 0 unspecified atom stereocenters. The molecule has 0 aliphatic rings. The third-order valence-electron chi connectivity index (χ3n) is 4.80. The van der Waals surface area contributed by atoms with E-state index in [2.05, 4.69) is 4.98 Å². The van der Waals surface area contributed by atoms with Crippen LogP contribution >= 0.6 is 22.9 Å². The van der Waals surface area contributed by atoms with Crippen LogP contribution in [0.25, 0.3) is 10.2 Å². The number of thiophene rings is 1. The first-order valence-electron chi connectivity index (χ1n) is 8.83. The monoisotopic (exact) mass is 419 g/mol. The maximum Gasteiger partial charge on any atom is 0.262 e. The molecule has 0 aliphatic heterocycles. The first-order chi connectivity index (χ1) is 13.3. The number of hydrogen-bond acceptors (Lipinski definition) is 5. The maximum absolute atomic E-state index is 12.7. The van der Waals surface area contributed by atoms with Gasteiger partial charge in [0.2, 0.25) is 5.91 Å². The van der Waals surface area contributed by atoms with E-state index in [-0.39, 0.29) is 24.4 Å². The zero-order valence-electron chi connectivity index (χ0n) is 16.3. The molecule has 6 nitrogen and oxygen atoms in total. The molecule has 28 heavy (non-hydrogen) atoms. The molecule has 0 radical (unpaired) electrons. The Kier molecular flexibility index (Phi) is 6.05. The Morgan fingerprint density at radius 1 is 1.36 bits per heavy atom. The number of carbonyl (C=O) groups excluding carboxylic acids is 1. The SMILES string of the molecule is COc1ccc(Cl)cc1CN(C)C(=O)CCn1cnc2sc(C)c(C)c2c1=O. The van der Waals surface area contributed by atoms with Crippen molar-refractivity contribution in [3.05, 3.63) is 55.9 Å². The highest BCUT2D eigenvalue weighted by Gasteiger charge is 2.15. The van der Waals surface area contributed by atoms with Gasteiger partial charge < -0.3 is 9.64 Å². The molecular weight excluding hydrogens is 398 g/mol. The number of amides is 1. The molecular formula is C20H22ClN3O3S. The third-order valence-corrected chi connectivity index (χ3v) is 6.15. The number of benzene rings is 1. The molecule has 2 heterocycles. The van der Waals surface area contributed by atoms with E-state index in [0.717, 1.165) is 20.8 Å². The van der Waals surface area contributed by atoms with Crippen LogP contribution in [0.15, 0.2) is 29.3 Å². The summed E-state index contributed by atoms with van der Waals surface area (Å²) in [6, 6.07) is 5.31. The van der Waals surface area contributed by atoms with Crippen molar-refractivity contribution in [1.29, 1.82) is 0 Å². The molecule has 0 N–H and O–H groups in total. The van der Waals surface area contributed by atoms with E-state index in [1.54, 1.807) is 37.3 Å². The van der Waals surface area contributed by atoms with Crippen LogP contribution in [0.4, 0.5) is 0 Å². The van der Waals surface area contributed by atoms with Gasteiger partial charge in [0.1, 0.15) is 10.6 Å². The number of fused-ring (bicyclic) bond motifs is 1. The highest BCUT2D eigenvalue weighted by molar-refractivity contribution is 7.18. The summed E-state index contributed by atoms with van der Waals surface area (Å²) in [5, 5.41) is 1.23. The second-order valence-corrected chi connectivity index (χ2v) is 8.30. The molecule has 3 rings (SSSR count). The number of hydrogen-bond donors (Lipinski definition) is 0. The first-order valence-corrected chi connectivity index (χ1v) is 10.0. The fraction of sp³-hybridized carbons (Fsp3) is 0.350. The summed E-state index contributed by atoms with van der Waals surface area (Å²) in [5.41, 5.74) is 1.69. The number of ether oxygens (including phenoxy) is 1. The standard InChI is InChI=1S/C20H22ClN3O3S/c1-12-13(2)28-19-18(12)20(26)24(11-22-19)8-7-17(25)23(3)10-14-9-15(21)5-6-16(14)27-4/h5-6,9,11H,7-8,10H2,1-4H3. The van der Waals surface area contributed by atoms with Crippen molar-refractivity contribution < 1.29 is 9.53 Å².